The van der Waals surface area contributed by atoms with Gasteiger partial charge in [0.25, 0.3) is 0 Å². The fourth-order valence-corrected chi connectivity index (χ4v) is 3.69. The summed E-state index contributed by atoms with van der Waals surface area (Å²) in [6, 6.07) is 6.05. The molecule has 1 saturated heterocycles. The zero-order valence-electron chi connectivity index (χ0n) is 14.5. The van der Waals surface area contributed by atoms with E-state index >= 15 is 0 Å². The third kappa shape index (κ3) is 3.55. The Balaban J connectivity index is 1.69. The molecule has 1 aliphatic heterocycles. The van der Waals surface area contributed by atoms with Crippen molar-refractivity contribution in [2.75, 3.05) is 18.6 Å². The van der Waals surface area contributed by atoms with Crippen molar-refractivity contribution in [3.63, 3.8) is 0 Å². The van der Waals surface area contributed by atoms with Gasteiger partial charge >= 0.3 is 0 Å². The van der Waals surface area contributed by atoms with Crippen LogP contribution in [0.1, 0.15) is 44.1 Å². The molecule has 130 valence electrons. The average Bonchev–Trinajstić information content (AvgIpc) is 2.97. The second kappa shape index (κ2) is 7.24. The number of nitrogens with one attached hydrogen (secondary N) is 1. The molecule has 0 unspecified atom stereocenters. The van der Waals surface area contributed by atoms with Gasteiger partial charge in [0.1, 0.15) is 5.75 Å². The molecule has 5 nitrogen and oxygen atoms in total. The number of rotatable bonds is 4. The van der Waals surface area contributed by atoms with Crippen LogP contribution in [-0.4, -0.2) is 31.5 Å². The first-order chi connectivity index (χ1) is 11.6. The van der Waals surface area contributed by atoms with Crippen LogP contribution >= 0.6 is 0 Å². The molecular weight excluding hydrogens is 304 g/mol. The summed E-state index contributed by atoms with van der Waals surface area (Å²) in [6.07, 6.45) is 6.01. The zero-order chi connectivity index (χ0) is 17.1. The number of ether oxygens (including phenoxy) is 1. The topological polar surface area (TPSA) is 58.6 Å². The van der Waals surface area contributed by atoms with E-state index in [2.05, 4.69) is 5.32 Å². The van der Waals surface area contributed by atoms with Crippen LogP contribution in [0.4, 0.5) is 5.69 Å². The van der Waals surface area contributed by atoms with E-state index in [0.29, 0.717) is 12.3 Å². The predicted molar refractivity (Wildman–Crippen MR) is 93.2 cm³/mol. The maximum atomic E-state index is 12.5. The highest BCUT2D eigenvalue weighted by molar-refractivity contribution is 6.01. The molecule has 3 rings (SSSR count). The van der Waals surface area contributed by atoms with Gasteiger partial charge in [0, 0.05) is 19.0 Å². The Bertz CT molecular complexity index is 623. The summed E-state index contributed by atoms with van der Waals surface area (Å²) < 4.78 is 5.38. The average molecular weight is 330 g/mol. The zero-order valence-corrected chi connectivity index (χ0v) is 14.5. The summed E-state index contributed by atoms with van der Waals surface area (Å²) >= 11 is 0. The minimum absolute atomic E-state index is 0.0114. The molecular formula is C19H26N2O3. The number of benzene rings is 1. The van der Waals surface area contributed by atoms with Crippen molar-refractivity contribution in [3.8, 4) is 5.75 Å². The van der Waals surface area contributed by atoms with Crippen LogP contribution < -0.4 is 15.0 Å². The van der Waals surface area contributed by atoms with Gasteiger partial charge in [0.15, 0.2) is 0 Å². The molecule has 0 aromatic heterocycles. The lowest BCUT2D eigenvalue weighted by atomic mass is 9.95. The van der Waals surface area contributed by atoms with E-state index in [1.54, 1.807) is 12.0 Å². The number of aryl methyl sites for hydroxylation is 1. The third-order valence-corrected chi connectivity index (χ3v) is 5.07. The molecule has 1 N–H and O–H groups in total. The smallest absolute Gasteiger partial charge is 0.227 e. The number of anilines is 1. The van der Waals surface area contributed by atoms with Gasteiger partial charge in [-0.25, -0.2) is 0 Å². The molecule has 1 saturated carbocycles. The highest BCUT2D eigenvalue weighted by Gasteiger charge is 2.37. The first kappa shape index (κ1) is 16.8. The number of carbonyl (C=O) groups excluding carboxylic acids is 2. The Kier molecular flexibility index (Phi) is 5.07. The maximum Gasteiger partial charge on any atom is 0.227 e. The van der Waals surface area contributed by atoms with Crippen LogP contribution in [0.5, 0.6) is 5.75 Å². The van der Waals surface area contributed by atoms with E-state index in [0.717, 1.165) is 24.1 Å². The first-order valence-corrected chi connectivity index (χ1v) is 8.84. The quantitative estimate of drug-likeness (QED) is 0.923. The van der Waals surface area contributed by atoms with E-state index in [1.165, 1.54) is 19.3 Å². The van der Waals surface area contributed by atoms with E-state index in [4.69, 9.17) is 4.74 Å². The van der Waals surface area contributed by atoms with Crippen molar-refractivity contribution in [1.82, 2.24) is 5.32 Å². The molecule has 2 aliphatic rings. The molecule has 0 spiro atoms. The second-order valence-electron chi connectivity index (χ2n) is 6.92. The van der Waals surface area contributed by atoms with Crippen molar-refractivity contribution in [2.45, 2.75) is 51.5 Å². The van der Waals surface area contributed by atoms with Crippen molar-refractivity contribution < 1.29 is 14.3 Å². The van der Waals surface area contributed by atoms with Gasteiger partial charge in [-0.2, -0.15) is 0 Å². The maximum absolute atomic E-state index is 12.5. The SMILES string of the molecule is COc1ccc(C)cc1N1C[C@H](C(=O)NC2CCCCC2)CC1=O. The number of hydrogen-bond donors (Lipinski definition) is 1. The lowest BCUT2D eigenvalue weighted by Crippen LogP contribution is -2.40. The summed E-state index contributed by atoms with van der Waals surface area (Å²) in [5.74, 6) is 0.402. The van der Waals surface area contributed by atoms with Crippen molar-refractivity contribution >= 4 is 17.5 Å². The Morgan fingerprint density at radius 1 is 1.25 bits per heavy atom. The largest absolute Gasteiger partial charge is 0.495 e. The van der Waals surface area contributed by atoms with Crippen LogP contribution in [0.25, 0.3) is 0 Å². The van der Waals surface area contributed by atoms with Gasteiger partial charge < -0.3 is 15.0 Å². The van der Waals surface area contributed by atoms with Gasteiger partial charge in [-0.1, -0.05) is 25.3 Å². The lowest BCUT2D eigenvalue weighted by molar-refractivity contribution is -0.127. The van der Waals surface area contributed by atoms with E-state index in [-0.39, 0.29) is 30.2 Å². The second-order valence-corrected chi connectivity index (χ2v) is 6.92. The molecule has 1 atom stereocenters. The summed E-state index contributed by atoms with van der Waals surface area (Å²) in [6.45, 7) is 2.41. The van der Waals surface area contributed by atoms with Crippen molar-refractivity contribution in [3.05, 3.63) is 23.8 Å². The molecule has 24 heavy (non-hydrogen) atoms. The van der Waals surface area contributed by atoms with Crippen LogP contribution in [0.3, 0.4) is 0 Å². The molecule has 1 heterocycles. The highest BCUT2D eigenvalue weighted by Crippen LogP contribution is 2.34. The molecule has 5 heteroatoms. The standard InChI is InChI=1S/C19H26N2O3/c1-13-8-9-17(24-2)16(10-13)21-12-14(11-18(21)22)19(23)20-15-6-4-3-5-7-15/h8-10,14-15H,3-7,11-12H2,1-2H3,(H,20,23)/t14-/m1/s1. The van der Waals surface area contributed by atoms with Crippen LogP contribution in [0, 0.1) is 12.8 Å². The summed E-state index contributed by atoms with van der Waals surface area (Å²) in [5, 5.41) is 3.14. The van der Waals surface area contributed by atoms with Gasteiger partial charge in [-0.15, -0.1) is 0 Å². The molecule has 1 aromatic rings. The third-order valence-electron chi connectivity index (χ3n) is 5.07. The number of nitrogens with zero attached hydrogens (tertiary/aromatic N) is 1. The predicted octanol–water partition coefficient (Wildman–Crippen LogP) is 2.81. The summed E-state index contributed by atoms with van der Waals surface area (Å²) in [4.78, 5) is 26.7. The monoisotopic (exact) mass is 330 g/mol. The van der Waals surface area contributed by atoms with Crippen LogP contribution in [0.15, 0.2) is 18.2 Å². The van der Waals surface area contributed by atoms with Gasteiger partial charge in [0.2, 0.25) is 11.8 Å². The lowest BCUT2D eigenvalue weighted by Gasteiger charge is -2.24. The summed E-state index contributed by atoms with van der Waals surface area (Å²) in [5.41, 5.74) is 1.82. The van der Waals surface area contributed by atoms with Gasteiger partial charge in [-0.05, 0) is 37.5 Å². The fraction of sp³-hybridized carbons (Fsp3) is 0.579. The van der Waals surface area contributed by atoms with E-state index < -0.39 is 0 Å². The highest BCUT2D eigenvalue weighted by atomic mass is 16.5. The minimum atomic E-state index is -0.273. The first-order valence-electron chi connectivity index (χ1n) is 8.84. The van der Waals surface area contributed by atoms with Crippen molar-refractivity contribution in [2.24, 2.45) is 5.92 Å². The number of carbonyl (C=O) groups is 2. The molecule has 2 amide bonds. The molecule has 0 radical (unpaired) electrons. The number of amides is 2. The van der Waals surface area contributed by atoms with Gasteiger partial charge in [-0.3, -0.25) is 9.59 Å². The Morgan fingerprint density at radius 2 is 2.00 bits per heavy atom. The van der Waals surface area contributed by atoms with Crippen LogP contribution in [0.2, 0.25) is 0 Å². The van der Waals surface area contributed by atoms with E-state index in [1.807, 2.05) is 25.1 Å². The van der Waals surface area contributed by atoms with E-state index in [9.17, 15) is 9.59 Å². The van der Waals surface area contributed by atoms with Crippen molar-refractivity contribution in [1.29, 1.82) is 0 Å². The normalized spacial score (nSPS) is 21.8. The molecule has 0 bridgehead atoms. The Labute approximate surface area is 143 Å². The molecule has 1 aliphatic carbocycles. The Morgan fingerprint density at radius 3 is 2.71 bits per heavy atom. The van der Waals surface area contributed by atoms with Gasteiger partial charge in [0.05, 0.1) is 18.7 Å². The Hall–Kier alpha value is -2.04. The number of hydrogen-bond acceptors (Lipinski definition) is 3. The minimum Gasteiger partial charge on any atom is -0.495 e. The molecule has 2 fully saturated rings. The molecule has 1 aromatic carbocycles. The summed E-state index contributed by atoms with van der Waals surface area (Å²) in [7, 11) is 1.60. The van der Waals surface area contributed by atoms with Crippen LogP contribution in [-0.2, 0) is 9.59 Å². The fourth-order valence-electron chi connectivity index (χ4n) is 3.69. The number of methoxy groups -OCH3 is 1.